The molecule has 1 heteroatoms. The lowest BCUT2D eigenvalue weighted by Gasteiger charge is -2.35. The van der Waals surface area contributed by atoms with E-state index in [1.807, 2.05) is 0 Å². The van der Waals surface area contributed by atoms with E-state index >= 15 is 0 Å². The van der Waals surface area contributed by atoms with E-state index < -0.39 is 0 Å². The summed E-state index contributed by atoms with van der Waals surface area (Å²) < 4.78 is 6.78. The Bertz CT molecular complexity index is 1170. The predicted molar refractivity (Wildman–Crippen MR) is 129 cm³/mol. The second kappa shape index (κ2) is 7.80. The van der Waals surface area contributed by atoms with Crippen LogP contribution in [0.2, 0.25) is 0 Å². The fourth-order valence-electron chi connectivity index (χ4n) is 6.07. The SMILES string of the molecule is C1=C2CCc3c(ccc4c(C5(c6ccccc6)CCCCCO5)cccc34)C2=CCC1. The molecule has 3 aromatic rings. The Labute approximate surface area is 185 Å². The van der Waals surface area contributed by atoms with Gasteiger partial charge in [0, 0.05) is 6.61 Å². The summed E-state index contributed by atoms with van der Waals surface area (Å²) in [6, 6.07) is 22.6. The fourth-order valence-corrected chi connectivity index (χ4v) is 6.07. The van der Waals surface area contributed by atoms with Crippen LogP contribution in [-0.2, 0) is 16.8 Å². The van der Waals surface area contributed by atoms with E-state index in [-0.39, 0.29) is 5.60 Å². The molecule has 0 aromatic heterocycles. The van der Waals surface area contributed by atoms with Crippen LogP contribution in [-0.4, -0.2) is 6.61 Å². The highest BCUT2D eigenvalue weighted by Gasteiger charge is 2.37. The van der Waals surface area contributed by atoms with Gasteiger partial charge in [0.2, 0.25) is 0 Å². The molecule has 2 aliphatic carbocycles. The molecule has 1 nitrogen and oxygen atoms in total. The first-order valence-electron chi connectivity index (χ1n) is 12.0. The van der Waals surface area contributed by atoms with Gasteiger partial charge in [-0.3, -0.25) is 0 Å². The van der Waals surface area contributed by atoms with Gasteiger partial charge in [-0.1, -0.05) is 79.2 Å². The standard InChI is InChI=1S/C30H30O/c1-3-11-23(12-4-1)30(20-7-2-8-21-31-30)29-15-9-14-25-27-17-16-22-10-5-6-13-24(22)26(27)18-19-28(25)29/h1,3-4,9-15,18-19H,2,5-8,16-17,20-21H2. The van der Waals surface area contributed by atoms with E-state index in [0.717, 1.165) is 25.9 Å². The largest absolute Gasteiger partial charge is 0.366 e. The van der Waals surface area contributed by atoms with Gasteiger partial charge in [-0.15, -0.1) is 0 Å². The minimum absolute atomic E-state index is 0.352. The summed E-state index contributed by atoms with van der Waals surface area (Å²) in [7, 11) is 0. The Balaban J connectivity index is 1.58. The van der Waals surface area contributed by atoms with Crippen LogP contribution in [0.15, 0.2) is 78.4 Å². The maximum absolute atomic E-state index is 6.78. The van der Waals surface area contributed by atoms with E-state index in [9.17, 15) is 0 Å². The third-order valence-corrected chi connectivity index (χ3v) is 7.56. The summed E-state index contributed by atoms with van der Waals surface area (Å²) in [4.78, 5) is 0. The lowest BCUT2D eigenvalue weighted by atomic mass is 9.76. The summed E-state index contributed by atoms with van der Waals surface area (Å²) in [5.74, 6) is 0. The van der Waals surface area contributed by atoms with Crippen molar-refractivity contribution in [2.24, 2.45) is 0 Å². The van der Waals surface area contributed by atoms with Crippen molar-refractivity contribution in [3.05, 3.63) is 101 Å². The zero-order valence-electron chi connectivity index (χ0n) is 18.2. The minimum atomic E-state index is -0.352. The highest BCUT2D eigenvalue weighted by Crippen LogP contribution is 2.46. The summed E-state index contributed by atoms with van der Waals surface area (Å²) in [5, 5.41) is 2.79. The van der Waals surface area contributed by atoms with Crippen molar-refractivity contribution in [3.8, 4) is 0 Å². The Morgan fingerprint density at radius 2 is 1.61 bits per heavy atom. The summed E-state index contributed by atoms with van der Waals surface area (Å²) in [5.41, 5.74) is 8.32. The Hall–Kier alpha value is -2.64. The van der Waals surface area contributed by atoms with Crippen molar-refractivity contribution in [3.63, 3.8) is 0 Å². The Morgan fingerprint density at radius 3 is 2.55 bits per heavy atom. The molecule has 1 aliphatic heterocycles. The molecule has 1 unspecified atom stereocenters. The van der Waals surface area contributed by atoms with E-state index in [1.54, 1.807) is 5.57 Å². The minimum Gasteiger partial charge on any atom is -0.366 e. The highest BCUT2D eigenvalue weighted by molar-refractivity contribution is 5.96. The molecule has 1 atom stereocenters. The maximum Gasteiger partial charge on any atom is 0.119 e. The molecule has 0 bridgehead atoms. The Kier molecular flexibility index (Phi) is 4.80. The van der Waals surface area contributed by atoms with Crippen LogP contribution in [0, 0.1) is 0 Å². The zero-order valence-corrected chi connectivity index (χ0v) is 18.2. The first-order chi connectivity index (χ1) is 15.4. The first-order valence-corrected chi connectivity index (χ1v) is 12.0. The summed E-state index contributed by atoms with van der Waals surface area (Å²) in [6.45, 7) is 0.831. The van der Waals surface area contributed by atoms with Crippen molar-refractivity contribution in [2.75, 3.05) is 6.61 Å². The van der Waals surface area contributed by atoms with Crippen LogP contribution in [0.1, 0.15) is 67.2 Å². The van der Waals surface area contributed by atoms with Gasteiger partial charge in [0.1, 0.15) is 5.60 Å². The normalized spacial score (nSPS) is 23.4. The topological polar surface area (TPSA) is 9.23 Å². The highest BCUT2D eigenvalue weighted by atomic mass is 16.5. The van der Waals surface area contributed by atoms with Gasteiger partial charge in [0.25, 0.3) is 0 Å². The number of benzene rings is 3. The lowest BCUT2D eigenvalue weighted by molar-refractivity contribution is -0.0135. The molecule has 156 valence electrons. The number of hydrogen-bond acceptors (Lipinski definition) is 1. The van der Waals surface area contributed by atoms with Crippen LogP contribution < -0.4 is 0 Å². The molecule has 0 N–H and O–H groups in total. The number of hydrogen-bond donors (Lipinski definition) is 0. The number of fused-ring (bicyclic) bond motifs is 5. The molecule has 0 amide bonds. The molecule has 0 saturated carbocycles. The molecular weight excluding hydrogens is 376 g/mol. The molecule has 1 heterocycles. The number of ether oxygens (including phenoxy) is 1. The van der Waals surface area contributed by atoms with Crippen LogP contribution >= 0.6 is 0 Å². The van der Waals surface area contributed by atoms with Gasteiger partial charge in [-0.05, 0) is 89.1 Å². The second-order valence-corrected chi connectivity index (χ2v) is 9.27. The quantitative estimate of drug-likeness (QED) is 0.423. The van der Waals surface area contributed by atoms with Gasteiger partial charge in [-0.25, -0.2) is 0 Å². The molecule has 0 spiro atoms. The average Bonchev–Trinajstić information content (AvgIpc) is 3.11. The average molecular weight is 407 g/mol. The molecule has 6 rings (SSSR count). The van der Waals surface area contributed by atoms with Gasteiger partial charge < -0.3 is 4.74 Å². The van der Waals surface area contributed by atoms with E-state index in [0.29, 0.717) is 0 Å². The third-order valence-electron chi connectivity index (χ3n) is 7.56. The monoisotopic (exact) mass is 406 g/mol. The lowest BCUT2D eigenvalue weighted by Crippen LogP contribution is -2.31. The number of rotatable bonds is 2. The van der Waals surface area contributed by atoms with Crippen LogP contribution in [0.5, 0.6) is 0 Å². The van der Waals surface area contributed by atoms with Crippen LogP contribution in [0.25, 0.3) is 16.3 Å². The van der Waals surface area contributed by atoms with Gasteiger partial charge >= 0.3 is 0 Å². The molecule has 0 radical (unpaired) electrons. The van der Waals surface area contributed by atoms with Crippen molar-refractivity contribution in [2.45, 2.75) is 57.0 Å². The van der Waals surface area contributed by atoms with Gasteiger partial charge in [-0.2, -0.15) is 0 Å². The fraction of sp³-hybridized carbons (Fsp3) is 0.333. The molecule has 1 saturated heterocycles. The predicted octanol–water partition coefficient (Wildman–Crippen LogP) is 7.72. The molecule has 1 fully saturated rings. The van der Waals surface area contributed by atoms with Gasteiger partial charge in [0.15, 0.2) is 0 Å². The Morgan fingerprint density at radius 1 is 0.710 bits per heavy atom. The van der Waals surface area contributed by atoms with Crippen molar-refractivity contribution < 1.29 is 4.74 Å². The molecule has 31 heavy (non-hydrogen) atoms. The third kappa shape index (κ3) is 3.10. The second-order valence-electron chi connectivity index (χ2n) is 9.27. The summed E-state index contributed by atoms with van der Waals surface area (Å²) in [6.07, 6.45) is 14.2. The first kappa shape index (κ1) is 19.1. The van der Waals surface area contributed by atoms with Crippen molar-refractivity contribution in [1.29, 1.82) is 0 Å². The molecule has 3 aliphatic rings. The maximum atomic E-state index is 6.78. The van der Waals surface area contributed by atoms with Crippen molar-refractivity contribution >= 4 is 16.3 Å². The molecule has 3 aromatic carbocycles. The van der Waals surface area contributed by atoms with Crippen molar-refractivity contribution in [1.82, 2.24) is 0 Å². The van der Waals surface area contributed by atoms with E-state index in [2.05, 4.69) is 72.8 Å². The van der Waals surface area contributed by atoms with Crippen LogP contribution in [0.4, 0.5) is 0 Å². The van der Waals surface area contributed by atoms with Gasteiger partial charge in [0.05, 0.1) is 0 Å². The van der Waals surface area contributed by atoms with E-state index in [4.69, 9.17) is 4.74 Å². The number of aryl methyl sites for hydroxylation is 1. The zero-order chi connectivity index (χ0) is 20.7. The smallest absolute Gasteiger partial charge is 0.119 e. The van der Waals surface area contributed by atoms with Crippen LogP contribution in [0.3, 0.4) is 0 Å². The summed E-state index contributed by atoms with van der Waals surface area (Å²) >= 11 is 0. The van der Waals surface area contributed by atoms with E-state index in [1.165, 1.54) is 70.7 Å². The number of allylic oxidation sites excluding steroid dienone is 4. The molecular formula is C30H30O.